The van der Waals surface area contributed by atoms with E-state index >= 15 is 0 Å². The molecule has 0 unspecified atom stereocenters. The Kier molecular flexibility index (Phi) is 5.46. The third-order valence-corrected chi connectivity index (χ3v) is 5.44. The average Bonchev–Trinajstić information content (AvgIpc) is 2.72. The van der Waals surface area contributed by atoms with Gasteiger partial charge >= 0.3 is 0 Å². The van der Waals surface area contributed by atoms with Crippen molar-refractivity contribution in [1.29, 1.82) is 0 Å². The van der Waals surface area contributed by atoms with Crippen LogP contribution in [-0.2, 0) is 5.54 Å². The van der Waals surface area contributed by atoms with Gasteiger partial charge in [0.1, 0.15) is 5.15 Å². The summed E-state index contributed by atoms with van der Waals surface area (Å²) >= 11 is 5.80. The van der Waals surface area contributed by atoms with Crippen LogP contribution in [-0.4, -0.2) is 26.8 Å². The zero-order valence-corrected chi connectivity index (χ0v) is 17.1. The molecule has 0 aliphatic heterocycles. The summed E-state index contributed by atoms with van der Waals surface area (Å²) in [5.41, 5.74) is 2.59. The standard InChI is InChI=1S/C22H20ClN5O2/c1-14-11-15(7-10-24-14)20(29)27-17-4-5-18(25-13-17)22(8-2-9-22)28-21(30)16-3-6-19(23)26-12-16/h3-7,10-13H,2,8-9H2,1H3,(H,27,29)(H,28,30). The Balaban J connectivity index is 1.47. The number of nitrogens with zero attached hydrogens (tertiary/aromatic N) is 3. The maximum absolute atomic E-state index is 12.7. The van der Waals surface area contributed by atoms with E-state index in [4.69, 9.17) is 11.6 Å². The first-order valence-corrected chi connectivity index (χ1v) is 9.98. The molecule has 0 radical (unpaired) electrons. The molecule has 152 valence electrons. The van der Waals surface area contributed by atoms with Crippen LogP contribution in [0.3, 0.4) is 0 Å². The van der Waals surface area contributed by atoms with Crippen molar-refractivity contribution in [2.45, 2.75) is 31.7 Å². The van der Waals surface area contributed by atoms with Crippen molar-refractivity contribution in [2.75, 3.05) is 5.32 Å². The third kappa shape index (κ3) is 4.16. The van der Waals surface area contributed by atoms with E-state index in [2.05, 4.69) is 25.6 Å². The molecule has 1 saturated carbocycles. The van der Waals surface area contributed by atoms with Crippen molar-refractivity contribution in [3.8, 4) is 0 Å². The maximum Gasteiger partial charge on any atom is 0.255 e. The molecule has 1 aliphatic rings. The molecule has 8 heteroatoms. The van der Waals surface area contributed by atoms with E-state index in [0.717, 1.165) is 30.7 Å². The molecule has 30 heavy (non-hydrogen) atoms. The molecular formula is C22H20ClN5O2. The molecule has 0 atom stereocenters. The van der Waals surface area contributed by atoms with Crippen LogP contribution < -0.4 is 10.6 Å². The van der Waals surface area contributed by atoms with Crippen molar-refractivity contribution in [1.82, 2.24) is 20.3 Å². The van der Waals surface area contributed by atoms with E-state index in [0.29, 0.717) is 22.0 Å². The predicted molar refractivity (Wildman–Crippen MR) is 113 cm³/mol. The first kappa shape index (κ1) is 20.0. The number of pyridine rings is 3. The molecule has 0 aromatic carbocycles. The van der Waals surface area contributed by atoms with Crippen LogP contribution >= 0.6 is 11.6 Å². The Labute approximate surface area is 178 Å². The molecule has 4 rings (SSSR count). The number of aromatic nitrogens is 3. The van der Waals surface area contributed by atoms with Crippen molar-refractivity contribution in [3.63, 3.8) is 0 Å². The van der Waals surface area contributed by atoms with Crippen LogP contribution in [0.25, 0.3) is 0 Å². The van der Waals surface area contributed by atoms with Gasteiger partial charge in [0.25, 0.3) is 11.8 Å². The van der Waals surface area contributed by atoms with E-state index in [1.807, 2.05) is 13.0 Å². The lowest BCUT2D eigenvalue weighted by Crippen LogP contribution is -2.51. The van der Waals surface area contributed by atoms with Gasteiger partial charge in [-0.1, -0.05) is 11.6 Å². The van der Waals surface area contributed by atoms with Gasteiger partial charge in [-0.3, -0.25) is 19.6 Å². The van der Waals surface area contributed by atoms with Gasteiger partial charge in [-0.05, 0) is 62.6 Å². The smallest absolute Gasteiger partial charge is 0.255 e. The van der Waals surface area contributed by atoms with Crippen molar-refractivity contribution >= 4 is 29.1 Å². The van der Waals surface area contributed by atoms with Gasteiger partial charge in [-0.25, -0.2) is 4.98 Å². The highest BCUT2D eigenvalue weighted by atomic mass is 35.5. The Bertz CT molecular complexity index is 1080. The number of rotatable bonds is 5. The summed E-state index contributed by atoms with van der Waals surface area (Å²) in [5, 5.41) is 6.27. The quantitative estimate of drug-likeness (QED) is 0.609. The van der Waals surface area contributed by atoms with Crippen LogP contribution in [0.4, 0.5) is 5.69 Å². The molecule has 7 nitrogen and oxygen atoms in total. The average molecular weight is 422 g/mol. The summed E-state index contributed by atoms with van der Waals surface area (Å²) in [6.45, 7) is 1.83. The van der Waals surface area contributed by atoms with Crippen LogP contribution in [0.5, 0.6) is 0 Å². The zero-order chi connectivity index (χ0) is 21.1. The van der Waals surface area contributed by atoms with Gasteiger partial charge in [0.2, 0.25) is 0 Å². The number of carbonyl (C=O) groups is 2. The molecular weight excluding hydrogens is 402 g/mol. The molecule has 3 aromatic rings. The third-order valence-electron chi connectivity index (χ3n) is 5.22. The van der Waals surface area contributed by atoms with Gasteiger partial charge in [-0.2, -0.15) is 0 Å². The number of aryl methyl sites for hydroxylation is 1. The molecule has 1 aliphatic carbocycles. The minimum absolute atomic E-state index is 0.217. The van der Waals surface area contributed by atoms with Crippen molar-refractivity contribution in [2.24, 2.45) is 0 Å². The largest absolute Gasteiger partial charge is 0.341 e. The van der Waals surface area contributed by atoms with Crippen LogP contribution in [0.1, 0.15) is 51.4 Å². The maximum atomic E-state index is 12.7. The highest BCUT2D eigenvalue weighted by Crippen LogP contribution is 2.40. The zero-order valence-electron chi connectivity index (χ0n) is 16.4. The summed E-state index contributed by atoms with van der Waals surface area (Å²) in [6, 6.07) is 10.3. The Morgan fingerprint density at radius 3 is 2.40 bits per heavy atom. The lowest BCUT2D eigenvalue weighted by Gasteiger charge is -2.42. The molecule has 0 spiro atoms. The number of nitrogens with one attached hydrogen (secondary N) is 2. The van der Waals surface area contributed by atoms with E-state index < -0.39 is 5.54 Å². The normalized spacial score (nSPS) is 14.5. The summed E-state index contributed by atoms with van der Waals surface area (Å²) in [6.07, 6.45) is 7.27. The number of anilines is 1. The fraction of sp³-hybridized carbons (Fsp3) is 0.227. The monoisotopic (exact) mass is 421 g/mol. The molecule has 3 heterocycles. The van der Waals surface area contributed by atoms with Gasteiger partial charge in [0.05, 0.1) is 28.7 Å². The number of carbonyl (C=O) groups excluding carboxylic acids is 2. The van der Waals surface area contributed by atoms with Crippen molar-refractivity contribution in [3.05, 3.63) is 82.7 Å². The number of amides is 2. The van der Waals surface area contributed by atoms with Gasteiger partial charge in [0.15, 0.2) is 0 Å². The predicted octanol–water partition coefficient (Wildman–Crippen LogP) is 3.89. The summed E-state index contributed by atoms with van der Waals surface area (Å²) in [5.74, 6) is -0.442. The molecule has 2 amide bonds. The van der Waals surface area contributed by atoms with Gasteiger partial charge in [-0.15, -0.1) is 0 Å². The highest BCUT2D eigenvalue weighted by molar-refractivity contribution is 6.29. The van der Waals surface area contributed by atoms with Crippen molar-refractivity contribution < 1.29 is 9.59 Å². The second-order valence-electron chi connectivity index (χ2n) is 7.33. The molecule has 1 fully saturated rings. The first-order valence-electron chi connectivity index (χ1n) is 9.60. The number of hydrogen-bond acceptors (Lipinski definition) is 5. The Morgan fingerprint density at radius 2 is 1.80 bits per heavy atom. The Hall–Kier alpha value is -3.32. The van der Waals surface area contributed by atoms with E-state index in [9.17, 15) is 9.59 Å². The lowest BCUT2D eigenvalue weighted by molar-refractivity contribution is 0.0816. The second kappa shape index (κ2) is 8.20. The van der Waals surface area contributed by atoms with Crippen LogP contribution in [0.15, 0.2) is 55.0 Å². The van der Waals surface area contributed by atoms with E-state index in [1.165, 1.54) is 6.20 Å². The topological polar surface area (TPSA) is 96.9 Å². The minimum atomic E-state index is -0.512. The van der Waals surface area contributed by atoms with Crippen LogP contribution in [0.2, 0.25) is 5.15 Å². The first-order chi connectivity index (χ1) is 14.4. The van der Waals surface area contributed by atoms with Crippen LogP contribution in [0, 0.1) is 6.92 Å². The lowest BCUT2D eigenvalue weighted by atomic mass is 9.74. The summed E-state index contributed by atoms with van der Waals surface area (Å²) in [7, 11) is 0. The van der Waals surface area contributed by atoms with E-state index in [-0.39, 0.29) is 11.8 Å². The fourth-order valence-electron chi connectivity index (χ4n) is 3.42. The Morgan fingerprint density at radius 1 is 0.967 bits per heavy atom. The van der Waals surface area contributed by atoms with Gasteiger partial charge < -0.3 is 10.6 Å². The summed E-state index contributed by atoms with van der Waals surface area (Å²) in [4.78, 5) is 37.6. The van der Waals surface area contributed by atoms with Gasteiger partial charge in [0, 0.05) is 23.7 Å². The minimum Gasteiger partial charge on any atom is -0.341 e. The molecule has 2 N–H and O–H groups in total. The highest BCUT2D eigenvalue weighted by Gasteiger charge is 2.41. The number of halogens is 1. The van der Waals surface area contributed by atoms with E-state index in [1.54, 1.807) is 42.7 Å². The number of hydrogen-bond donors (Lipinski definition) is 2. The molecule has 0 bridgehead atoms. The molecule has 3 aromatic heterocycles. The fourth-order valence-corrected chi connectivity index (χ4v) is 3.53. The SMILES string of the molecule is Cc1cc(C(=O)Nc2ccc(C3(NC(=O)c4ccc(Cl)nc4)CCC3)nc2)ccn1. The molecule has 0 saturated heterocycles. The second-order valence-corrected chi connectivity index (χ2v) is 7.72. The summed E-state index contributed by atoms with van der Waals surface area (Å²) < 4.78 is 0.